The largest absolute Gasteiger partial charge is 0.369 e. The average molecular weight is 399 g/mol. The van der Waals surface area contributed by atoms with Gasteiger partial charge < -0.3 is 10.4 Å². The van der Waals surface area contributed by atoms with Crippen molar-refractivity contribution >= 4 is 11.5 Å². The average Bonchev–Trinajstić information content (AvgIpc) is 3.11. The molecular formula is C25H38N2O2. The number of aliphatic hydroxyl groups excluding tert-OH is 1. The Morgan fingerprint density at radius 1 is 1.17 bits per heavy atom. The summed E-state index contributed by atoms with van der Waals surface area (Å²) in [5.41, 5.74) is 6.09. The third-order valence-electron chi connectivity index (χ3n) is 6.52. The Balaban J connectivity index is 1.90. The molecule has 3 rings (SSSR count). The number of hydrogen-bond donors (Lipinski definition) is 2. The van der Waals surface area contributed by atoms with Crippen molar-refractivity contribution in [2.24, 2.45) is 5.92 Å². The lowest BCUT2D eigenvalue weighted by molar-refractivity contribution is -0.124. The molecule has 1 heterocycles. The van der Waals surface area contributed by atoms with Crippen molar-refractivity contribution in [1.82, 2.24) is 10.2 Å². The van der Waals surface area contributed by atoms with Gasteiger partial charge in [0.2, 0.25) is 5.91 Å². The Bertz CT molecular complexity index is 753. The van der Waals surface area contributed by atoms with E-state index >= 15 is 0 Å². The number of aliphatic hydroxyl groups is 1. The SMILES string of the molecule is CCCCCCCC(c1ccc2c3c1CC=C3C(O)NC(=O)CN(C)C2)C(C)C. The molecule has 0 radical (unpaired) electrons. The van der Waals surface area contributed by atoms with Crippen LogP contribution in [0.1, 0.15) is 87.5 Å². The second-order valence-electron chi connectivity index (χ2n) is 9.23. The van der Waals surface area contributed by atoms with Crippen LogP contribution in [0.25, 0.3) is 5.57 Å². The first-order chi connectivity index (χ1) is 13.9. The van der Waals surface area contributed by atoms with Gasteiger partial charge in [-0.25, -0.2) is 0 Å². The number of nitrogens with zero attached hydrogens (tertiary/aromatic N) is 1. The predicted octanol–water partition coefficient (Wildman–Crippen LogP) is 4.61. The second kappa shape index (κ2) is 9.90. The molecule has 29 heavy (non-hydrogen) atoms. The fourth-order valence-corrected chi connectivity index (χ4v) is 5.02. The first kappa shape index (κ1) is 22.0. The van der Waals surface area contributed by atoms with Crippen molar-refractivity contribution in [3.63, 3.8) is 0 Å². The second-order valence-corrected chi connectivity index (χ2v) is 9.23. The molecule has 2 unspecified atom stereocenters. The smallest absolute Gasteiger partial charge is 0.236 e. The van der Waals surface area contributed by atoms with E-state index in [1.165, 1.54) is 60.8 Å². The van der Waals surface area contributed by atoms with E-state index < -0.39 is 6.23 Å². The highest BCUT2D eigenvalue weighted by Gasteiger charge is 2.31. The van der Waals surface area contributed by atoms with Gasteiger partial charge in [0.1, 0.15) is 0 Å². The number of unbranched alkanes of at least 4 members (excludes halogenated alkanes) is 4. The topological polar surface area (TPSA) is 52.6 Å². The summed E-state index contributed by atoms with van der Waals surface area (Å²) in [7, 11) is 1.96. The zero-order valence-electron chi connectivity index (χ0n) is 18.6. The fraction of sp³-hybridized carbons (Fsp3) is 0.640. The molecule has 0 saturated heterocycles. The van der Waals surface area contributed by atoms with Crippen LogP contribution in [0.15, 0.2) is 18.2 Å². The van der Waals surface area contributed by atoms with Gasteiger partial charge in [-0.3, -0.25) is 9.69 Å². The van der Waals surface area contributed by atoms with Gasteiger partial charge >= 0.3 is 0 Å². The summed E-state index contributed by atoms with van der Waals surface area (Å²) >= 11 is 0. The van der Waals surface area contributed by atoms with Crippen LogP contribution in [0.5, 0.6) is 0 Å². The minimum atomic E-state index is -0.921. The lowest BCUT2D eigenvalue weighted by Crippen LogP contribution is -2.40. The number of hydrogen-bond acceptors (Lipinski definition) is 3. The summed E-state index contributed by atoms with van der Waals surface area (Å²) < 4.78 is 0. The zero-order chi connectivity index (χ0) is 21.0. The number of likely N-dealkylation sites (N-methyl/N-ethyl adjacent to an activating group) is 1. The number of carbonyl (C=O) groups is 1. The number of benzene rings is 1. The molecule has 4 nitrogen and oxygen atoms in total. The molecule has 0 aromatic heterocycles. The fourth-order valence-electron chi connectivity index (χ4n) is 5.02. The Kier molecular flexibility index (Phi) is 7.53. The van der Waals surface area contributed by atoms with E-state index in [0.717, 1.165) is 18.5 Å². The third-order valence-corrected chi connectivity index (χ3v) is 6.52. The number of rotatable bonds is 8. The zero-order valence-corrected chi connectivity index (χ0v) is 18.6. The molecule has 1 aliphatic carbocycles. The summed E-state index contributed by atoms with van der Waals surface area (Å²) in [5, 5.41) is 13.4. The van der Waals surface area contributed by atoms with Crippen molar-refractivity contribution in [2.75, 3.05) is 13.6 Å². The quantitative estimate of drug-likeness (QED) is 0.629. The van der Waals surface area contributed by atoms with E-state index in [-0.39, 0.29) is 5.91 Å². The van der Waals surface area contributed by atoms with Gasteiger partial charge in [-0.05, 0) is 54.0 Å². The van der Waals surface area contributed by atoms with Gasteiger partial charge in [0.15, 0.2) is 6.23 Å². The molecule has 2 N–H and O–H groups in total. The minimum Gasteiger partial charge on any atom is -0.369 e. The number of allylic oxidation sites excluding steroid dienone is 1. The van der Waals surface area contributed by atoms with Gasteiger partial charge in [0, 0.05) is 12.1 Å². The maximum atomic E-state index is 12.2. The van der Waals surface area contributed by atoms with E-state index in [4.69, 9.17) is 0 Å². The van der Waals surface area contributed by atoms with E-state index in [1.54, 1.807) is 0 Å². The minimum absolute atomic E-state index is 0.130. The summed E-state index contributed by atoms with van der Waals surface area (Å²) in [6.45, 7) is 7.95. The van der Waals surface area contributed by atoms with Crippen LogP contribution in [-0.4, -0.2) is 35.7 Å². The number of amides is 1. The predicted molar refractivity (Wildman–Crippen MR) is 120 cm³/mol. The van der Waals surface area contributed by atoms with Crippen LogP contribution in [0.4, 0.5) is 0 Å². The van der Waals surface area contributed by atoms with Crippen molar-refractivity contribution in [3.8, 4) is 0 Å². The van der Waals surface area contributed by atoms with Crippen molar-refractivity contribution < 1.29 is 9.90 Å². The van der Waals surface area contributed by atoms with Crippen LogP contribution in [0.3, 0.4) is 0 Å². The molecular weight excluding hydrogens is 360 g/mol. The summed E-state index contributed by atoms with van der Waals surface area (Å²) in [5.74, 6) is 0.999. The van der Waals surface area contributed by atoms with Crippen molar-refractivity contribution in [3.05, 3.63) is 40.5 Å². The molecule has 0 spiro atoms. The monoisotopic (exact) mass is 398 g/mol. The molecule has 4 heteroatoms. The van der Waals surface area contributed by atoms with Crippen LogP contribution in [0.2, 0.25) is 0 Å². The van der Waals surface area contributed by atoms with Gasteiger partial charge in [0.05, 0.1) is 6.54 Å². The summed E-state index contributed by atoms with van der Waals surface area (Å²) in [4.78, 5) is 14.2. The highest BCUT2D eigenvalue weighted by Crippen LogP contribution is 2.41. The number of carbonyl (C=O) groups excluding carboxylic acids is 1. The highest BCUT2D eigenvalue weighted by atomic mass is 16.3. The van der Waals surface area contributed by atoms with Crippen LogP contribution < -0.4 is 5.32 Å². The van der Waals surface area contributed by atoms with Gasteiger partial charge in [0.25, 0.3) is 0 Å². The lowest BCUT2D eigenvalue weighted by atomic mass is 9.79. The molecule has 1 amide bonds. The maximum Gasteiger partial charge on any atom is 0.236 e. The first-order valence-corrected chi connectivity index (χ1v) is 11.4. The van der Waals surface area contributed by atoms with E-state index in [1.807, 2.05) is 11.9 Å². The molecule has 1 aromatic carbocycles. The molecule has 160 valence electrons. The standard InChI is InChI=1S/C25H38N2O2/c1-5-6-7-8-9-10-19(17(2)3)20-12-11-18-15-27(4)16-23(28)26-25(29)22-14-13-21(20)24(18)22/h11-12,14,17,19,25,29H,5-10,13,15-16H2,1-4H3,(H,26,28). The Labute approximate surface area is 176 Å². The van der Waals surface area contributed by atoms with Crippen LogP contribution in [-0.2, 0) is 17.8 Å². The van der Waals surface area contributed by atoms with Gasteiger partial charge in [-0.2, -0.15) is 0 Å². The van der Waals surface area contributed by atoms with E-state index in [9.17, 15) is 9.90 Å². The molecule has 0 saturated carbocycles. The lowest BCUT2D eigenvalue weighted by Gasteiger charge is -2.26. The summed E-state index contributed by atoms with van der Waals surface area (Å²) in [6.07, 6.45) is 9.82. The molecule has 2 atom stereocenters. The Morgan fingerprint density at radius 3 is 2.66 bits per heavy atom. The highest BCUT2D eigenvalue weighted by molar-refractivity contribution is 5.85. The van der Waals surface area contributed by atoms with Gasteiger partial charge in [-0.1, -0.05) is 71.1 Å². The molecule has 1 aromatic rings. The van der Waals surface area contributed by atoms with E-state index in [0.29, 0.717) is 18.4 Å². The van der Waals surface area contributed by atoms with Gasteiger partial charge in [-0.15, -0.1) is 0 Å². The van der Waals surface area contributed by atoms with Crippen LogP contribution >= 0.6 is 0 Å². The van der Waals surface area contributed by atoms with E-state index in [2.05, 4.69) is 44.3 Å². The molecule has 0 fully saturated rings. The Hall–Kier alpha value is -1.65. The van der Waals surface area contributed by atoms with Crippen LogP contribution in [0, 0.1) is 5.92 Å². The number of nitrogens with one attached hydrogen (secondary N) is 1. The normalized spacial score (nSPS) is 20.6. The van der Waals surface area contributed by atoms with Crippen molar-refractivity contribution in [2.45, 2.75) is 84.4 Å². The Morgan fingerprint density at radius 2 is 1.93 bits per heavy atom. The first-order valence-electron chi connectivity index (χ1n) is 11.4. The third kappa shape index (κ3) is 5.10. The maximum absolute atomic E-state index is 12.2. The molecule has 0 bridgehead atoms. The summed E-state index contributed by atoms with van der Waals surface area (Å²) in [6, 6.07) is 4.56. The molecule has 1 aliphatic heterocycles. The molecule has 2 aliphatic rings. The van der Waals surface area contributed by atoms with Crippen molar-refractivity contribution in [1.29, 1.82) is 0 Å².